The number of carbonyl (C=O) groups excluding carboxylic acids is 2. The Bertz CT molecular complexity index is 1350. The summed E-state index contributed by atoms with van der Waals surface area (Å²) >= 11 is 0. The lowest BCUT2D eigenvalue weighted by molar-refractivity contribution is -0.137. The highest BCUT2D eigenvalue weighted by Gasteiger charge is 2.41. The first-order valence-electron chi connectivity index (χ1n) is 11.5. The quantitative estimate of drug-likeness (QED) is 0.342. The van der Waals surface area contributed by atoms with Crippen LogP contribution in [0.5, 0.6) is 0 Å². The smallest absolute Gasteiger partial charge is 0.380 e. The molecule has 0 saturated carbocycles. The number of alkyl halides is 3. The molecular weight excluding hydrogens is 506 g/mol. The van der Waals surface area contributed by atoms with Crippen LogP contribution in [0.3, 0.4) is 0 Å². The summed E-state index contributed by atoms with van der Waals surface area (Å²) < 4.78 is 59.8. The van der Waals surface area contributed by atoms with Crippen LogP contribution < -0.4 is 10.6 Å². The molecule has 1 atom stereocenters. The van der Waals surface area contributed by atoms with Crippen LogP contribution >= 0.6 is 0 Å². The third-order valence-electron chi connectivity index (χ3n) is 5.97. The number of halogens is 4. The minimum atomic E-state index is -4.58. The highest BCUT2D eigenvalue weighted by molar-refractivity contribution is 6.05. The molecule has 0 spiro atoms. The minimum Gasteiger partial charge on any atom is -0.380 e. The van der Waals surface area contributed by atoms with Crippen molar-refractivity contribution >= 4 is 29.4 Å². The van der Waals surface area contributed by atoms with Crippen LogP contribution in [0, 0.1) is 18.2 Å². The predicted octanol–water partition coefficient (Wildman–Crippen LogP) is 4.62. The fraction of sp³-hybridized carbons (Fsp3) is 0.269. The molecule has 1 aromatic heterocycles. The van der Waals surface area contributed by atoms with Crippen molar-refractivity contribution in [3.63, 3.8) is 0 Å². The van der Waals surface area contributed by atoms with E-state index in [9.17, 15) is 27.2 Å². The van der Waals surface area contributed by atoms with Crippen molar-refractivity contribution < 1.29 is 31.9 Å². The second-order valence-electron chi connectivity index (χ2n) is 8.70. The van der Waals surface area contributed by atoms with E-state index in [-0.39, 0.29) is 48.7 Å². The first kappa shape index (κ1) is 26.9. The highest BCUT2D eigenvalue weighted by atomic mass is 19.4. The number of carbonyl (C=O) groups is 2. The van der Waals surface area contributed by atoms with Gasteiger partial charge in [-0.1, -0.05) is 18.2 Å². The molecule has 2 amide bonds. The van der Waals surface area contributed by atoms with Gasteiger partial charge in [-0.15, -0.1) is 0 Å². The van der Waals surface area contributed by atoms with Gasteiger partial charge in [0.05, 0.1) is 23.4 Å². The number of benzene rings is 2. The Morgan fingerprint density at radius 3 is 2.55 bits per heavy atom. The van der Waals surface area contributed by atoms with Gasteiger partial charge in [-0.05, 0) is 37.6 Å². The average molecular weight is 529 g/mol. The summed E-state index contributed by atoms with van der Waals surface area (Å²) in [5.74, 6) is -1.36. The number of anilines is 2. The van der Waals surface area contributed by atoms with Crippen LogP contribution in [0.2, 0.25) is 0 Å². The zero-order chi connectivity index (χ0) is 27.3. The van der Waals surface area contributed by atoms with Crippen LogP contribution in [-0.4, -0.2) is 41.2 Å². The number of aromatic nitrogens is 2. The number of nitrogens with zero attached hydrogens (tertiary/aromatic N) is 3. The van der Waals surface area contributed by atoms with E-state index in [0.717, 1.165) is 12.1 Å². The van der Waals surface area contributed by atoms with E-state index < -0.39 is 34.8 Å². The second kappa shape index (κ2) is 11.1. The first-order chi connectivity index (χ1) is 18.1. The fourth-order valence-electron chi connectivity index (χ4n) is 3.79. The van der Waals surface area contributed by atoms with Crippen molar-refractivity contribution in [1.82, 2.24) is 15.3 Å². The molecule has 0 radical (unpaired) electrons. The zero-order valence-electron chi connectivity index (χ0n) is 20.2. The summed E-state index contributed by atoms with van der Waals surface area (Å²) in [5, 5.41) is 5.22. The third kappa shape index (κ3) is 6.20. The molecule has 3 aromatic rings. The third-order valence-corrected chi connectivity index (χ3v) is 5.97. The summed E-state index contributed by atoms with van der Waals surface area (Å²) in [4.78, 5) is 37.2. The van der Waals surface area contributed by atoms with Crippen molar-refractivity contribution in [3.8, 4) is 0 Å². The van der Waals surface area contributed by atoms with Gasteiger partial charge in [0.2, 0.25) is 5.91 Å². The molecule has 0 unspecified atom stereocenters. The largest absolute Gasteiger partial charge is 0.418 e. The Hall–Kier alpha value is -4.19. The summed E-state index contributed by atoms with van der Waals surface area (Å²) in [6.45, 7) is 1.74. The van der Waals surface area contributed by atoms with E-state index in [1.54, 1.807) is 6.92 Å². The molecule has 1 saturated heterocycles. The van der Waals surface area contributed by atoms with E-state index in [1.807, 2.05) is 0 Å². The lowest BCUT2D eigenvalue weighted by Gasteiger charge is -2.21. The van der Waals surface area contributed by atoms with Crippen LogP contribution in [0.1, 0.15) is 33.7 Å². The number of para-hydroxylation sites is 1. The Kier molecular flexibility index (Phi) is 7.81. The van der Waals surface area contributed by atoms with Gasteiger partial charge in [0.25, 0.3) is 5.91 Å². The summed E-state index contributed by atoms with van der Waals surface area (Å²) in [6.07, 6.45) is -0.400. The topological polar surface area (TPSA) is 106 Å². The Morgan fingerprint density at radius 2 is 1.89 bits per heavy atom. The average Bonchev–Trinajstić information content (AvgIpc) is 3.37. The van der Waals surface area contributed by atoms with E-state index in [0.29, 0.717) is 5.82 Å². The van der Waals surface area contributed by atoms with Gasteiger partial charge in [0.1, 0.15) is 17.1 Å². The van der Waals surface area contributed by atoms with Crippen molar-refractivity contribution in [2.75, 3.05) is 18.5 Å². The number of ether oxygens (including phenoxy) is 1. The molecule has 8 nitrogen and oxygen atoms in total. The maximum Gasteiger partial charge on any atom is 0.418 e. The minimum absolute atomic E-state index is 0.00995. The van der Waals surface area contributed by atoms with Gasteiger partial charge in [-0.25, -0.2) is 19.4 Å². The van der Waals surface area contributed by atoms with Crippen LogP contribution in [0.15, 0.2) is 59.9 Å². The standard InChI is InChI=1S/C26H23F4N5O3/c1-16-31-12-18(13-32-16)23(36)34-14-25(8-9-38-15-25)24(37)33-11-17-6-7-19(10-21(17)27)35-22-5-3-2-4-20(22)26(28,29)30/h2-7,10,12-14,35H,8-9,11,15H2,1H3,(H,33,37)/t25-/m0/s1. The van der Waals surface area contributed by atoms with Crippen LogP contribution in [0.4, 0.5) is 28.9 Å². The van der Waals surface area contributed by atoms with E-state index in [2.05, 4.69) is 25.6 Å². The number of amides is 2. The first-order valence-corrected chi connectivity index (χ1v) is 11.5. The molecule has 2 heterocycles. The molecule has 38 heavy (non-hydrogen) atoms. The zero-order valence-corrected chi connectivity index (χ0v) is 20.2. The maximum absolute atomic E-state index is 14.8. The number of rotatable bonds is 7. The molecule has 1 aliphatic heterocycles. The Labute approximate surface area is 215 Å². The van der Waals surface area contributed by atoms with Crippen molar-refractivity contribution in [2.45, 2.75) is 26.1 Å². The van der Waals surface area contributed by atoms with E-state index >= 15 is 0 Å². The predicted molar refractivity (Wildman–Crippen MR) is 130 cm³/mol. The number of nitrogens with one attached hydrogen (secondary N) is 2. The van der Waals surface area contributed by atoms with Crippen LogP contribution in [-0.2, 0) is 22.3 Å². The van der Waals surface area contributed by atoms with Crippen molar-refractivity contribution in [2.24, 2.45) is 10.4 Å². The number of aryl methyl sites for hydroxylation is 1. The van der Waals surface area contributed by atoms with Crippen LogP contribution in [0.25, 0.3) is 0 Å². The molecule has 1 aliphatic rings. The number of hydrogen-bond acceptors (Lipinski definition) is 6. The molecule has 12 heteroatoms. The van der Waals surface area contributed by atoms with E-state index in [4.69, 9.17) is 4.74 Å². The SMILES string of the molecule is Cc1ncc(C(=O)N=C[C@@]2(C(=O)NCc3ccc(Nc4ccccc4C(F)(F)F)cc3F)CCOC2)cn1. The lowest BCUT2D eigenvalue weighted by Crippen LogP contribution is -2.42. The molecule has 2 N–H and O–H groups in total. The highest BCUT2D eigenvalue weighted by Crippen LogP contribution is 2.36. The van der Waals surface area contributed by atoms with Gasteiger partial charge in [0.15, 0.2) is 0 Å². The summed E-state index contributed by atoms with van der Waals surface area (Å²) in [6, 6.07) is 8.70. The molecule has 198 valence electrons. The molecule has 1 fully saturated rings. The molecule has 0 aliphatic carbocycles. The maximum atomic E-state index is 14.8. The van der Waals surface area contributed by atoms with Gasteiger partial charge < -0.3 is 15.4 Å². The molecular formula is C26H23F4N5O3. The number of aliphatic imine (C=N–C) groups is 1. The molecule has 2 aromatic carbocycles. The normalized spacial score (nSPS) is 17.5. The van der Waals surface area contributed by atoms with Gasteiger partial charge in [0, 0.05) is 43.0 Å². The number of hydrogen-bond donors (Lipinski definition) is 2. The summed E-state index contributed by atoms with van der Waals surface area (Å²) in [7, 11) is 0. The summed E-state index contributed by atoms with van der Waals surface area (Å²) in [5.41, 5.74) is -1.92. The Balaban J connectivity index is 1.43. The Morgan fingerprint density at radius 1 is 1.16 bits per heavy atom. The van der Waals surface area contributed by atoms with Gasteiger partial charge >= 0.3 is 6.18 Å². The van der Waals surface area contributed by atoms with E-state index in [1.165, 1.54) is 48.9 Å². The van der Waals surface area contributed by atoms with Crippen molar-refractivity contribution in [1.29, 1.82) is 0 Å². The molecule has 4 rings (SSSR count). The fourth-order valence-corrected chi connectivity index (χ4v) is 3.79. The van der Waals surface area contributed by atoms with Gasteiger partial charge in [-0.3, -0.25) is 9.59 Å². The lowest BCUT2D eigenvalue weighted by atomic mass is 9.87. The van der Waals surface area contributed by atoms with Gasteiger partial charge in [-0.2, -0.15) is 13.2 Å². The second-order valence-corrected chi connectivity index (χ2v) is 8.70. The monoisotopic (exact) mass is 529 g/mol. The molecule has 0 bridgehead atoms. The van der Waals surface area contributed by atoms with Crippen molar-refractivity contribution in [3.05, 3.63) is 83.2 Å².